The van der Waals surface area contributed by atoms with Gasteiger partial charge >= 0.3 is 0 Å². The molecule has 3 heterocycles. The number of nitriles is 1. The third-order valence-corrected chi connectivity index (χ3v) is 6.42. The van der Waals surface area contributed by atoms with Gasteiger partial charge in [-0.05, 0) is 25.0 Å². The Morgan fingerprint density at radius 1 is 1.39 bits per heavy atom. The van der Waals surface area contributed by atoms with E-state index in [1.807, 2.05) is 12.1 Å². The number of hydrogen-bond acceptors (Lipinski definition) is 9. The zero-order valence-electron chi connectivity index (χ0n) is 15.0. The van der Waals surface area contributed by atoms with Crippen LogP contribution in [0.15, 0.2) is 33.4 Å². The monoisotopic (exact) mass is 414 g/mol. The number of rotatable bonds is 7. The first-order valence-electron chi connectivity index (χ1n) is 8.92. The lowest BCUT2D eigenvalue weighted by atomic mass is 10.2. The van der Waals surface area contributed by atoms with Gasteiger partial charge in [0, 0.05) is 13.2 Å². The number of nitrogens with one attached hydrogen (secondary N) is 1. The number of ether oxygens (including phenoxy) is 1. The minimum atomic E-state index is -0.195. The van der Waals surface area contributed by atoms with Crippen LogP contribution >= 0.6 is 23.1 Å². The Morgan fingerprint density at radius 2 is 2.29 bits per heavy atom. The van der Waals surface area contributed by atoms with Crippen LogP contribution in [0.4, 0.5) is 5.13 Å². The molecule has 4 rings (SSSR count). The van der Waals surface area contributed by atoms with E-state index in [4.69, 9.17) is 10.00 Å². The lowest BCUT2D eigenvalue weighted by Gasteiger charge is -2.09. The molecule has 0 bridgehead atoms. The predicted molar refractivity (Wildman–Crippen MR) is 109 cm³/mol. The molecule has 1 atom stereocenters. The van der Waals surface area contributed by atoms with Crippen LogP contribution in [0.2, 0.25) is 0 Å². The van der Waals surface area contributed by atoms with Crippen molar-refractivity contribution >= 4 is 39.1 Å². The molecule has 10 heteroatoms. The van der Waals surface area contributed by atoms with Gasteiger partial charge < -0.3 is 10.1 Å². The van der Waals surface area contributed by atoms with Crippen molar-refractivity contribution < 1.29 is 4.74 Å². The molecule has 2 aromatic heterocycles. The van der Waals surface area contributed by atoms with Crippen LogP contribution < -0.4 is 10.9 Å². The van der Waals surface area contributed by atoms with E-state index in [0.717, 1.165) is 35.5 Å². The molecule has 3 aromatic rings. The van der Waals surface area contributed by atoms with Crippen molar-refractivity contribution in [1.82, 2.24) is 19.7 Å². The Morgan fingerprint density at radius 3 is 3.11 bits per heavy atom. The van der Waals surface area contributed by atoms with Crippen molar-refractivity contribution in [2.24, 2.45) is 0 Å². The standard InChI is InChI=1S/C18H18N6O2S2/c19-7-8-24-15(21-14-6-2-1-5-13(14)16(24)25)11-27-18-23-22-17(28-18)20-10-12-4-3-9-26-12/h1-2,5-6,12H,3-4,8-11H2,(H,20,22). The molecular weight excluding hydrogens is 396 g/mol. The van der Waals surface area contributed by atoms with Crippen molar-refractivity contribution in [3.63, 3.8) is 0 Å². The van der Waals surface area contributed by atoms with Crippen molar-refractivity contribution in [2.75, 3.05) is 18.5 Å². The number of aromatic nitrogens is 4. The third-order valence-electron chi connectivity index (χ3n) is 4.41. The van der Waals surface area contributed by atoms with Crippen LogP contribution in [0, 0.1) is 11.3 Å². The molecule has 1 aliphatic heterocycles. The molecule has 0 radical (unpaired) electrons. The molecule has 8 nitrogen and oxygen atoms in total. The molecule has 1 unspecified atom stereocenters. The van der Waals surface area contributed by atoms with E-state index >= 15 is 0 Å². The number of thioether (sulfide) groups is 1. The average molecular weight is 415 g/mol. The smallest absolute Gasteiger partial charge is 0.262 e. The second kappa shape index (κ2) is 8.68. The fraction of sp³-hybridized carbons (Fsp3) is 0.389. The molecule has 1 aliphatic rings. The van der Waals surface area contributed by atoms with E-state index in [9.17, 15) is 4.79 Å². The maximum absolute atomic E-state index is 12.7. The van der Waals surface area contributed by atoms with Gasteiger partial charge in [-0.2, -0.15) is 5.26 Å². The normalized spacial score (nSPS) is 16.3. The zero-order valence-corrected chi connectivity index (χ0v) is 16.6. The van der Waals surface area contributed by atoms with Crippen molar-refractivity contribution in [3.05, 3.63) is 40.4 Å². The lowest BCUT2D eigenvalue weighted by Crippen LogP contribution is -2.24. The quantitative estimate of drug-likeness (QED) is 0.588. The minimum absolute atomic E-state index is 0.0309. The van der Waals surface area contributed by atoms with Crippen LogP contribution in [0.25, 0.3) is 10.9 Å². The lowest BCUT2D eigenvalue weighted by molar-refractivity contribution is 0.120. The minimum Gasteiger partial charge on any atom is -0.376 e. The van der Waals surface area contributed by atoms with Crippen LogP contribution in [0.1, 0.15) is 18.7 Å². The second-order valence-electron chi connectivity index (χ2n) is 6.27. The SMILES string of the molecule is N#CCn1c(CSc2nnc(NCC3CCCO3)s2)nc2ccccc2c1=O. The fourth-order valence-electron chi connectivity index (χ4n) is 3.03. The maximum atomic E-state index is 12.7. The molecule has 1 saturated heterocycles. The summed E-state index contributed by atoms with van der Waals surface area (Å²) in [4.78, 5) is 17.3. The number of benzene rings is 1. The van der Waals surface area contributed by atoms with Gasteiger partial charge in [-0.15, -0.1) is 10.2 Å². The number of nitrogens with zero attached hydrogens (tertiary/aromatic N) is 5. The van der Waals surface area contributed by atoms with Crippen molar-refractivity contribution in [2.45, 2.75) is 35.6 Å². The third kappa shape index (κ3) is 4.16. The summed E-state index contributed by atoms with van der Waals surface area (Å²) in [7, 11) is 0. The molecule has 1 N–H and O–H groups in total. The van der Waals surface area contributed by atoms with Gasteiger partial charge in [-0.1, -0.05) is 35.2 Å². The van der Waals surface area contributed by atoms with E-state index in [2.05, 4.69) is 20.5 Å². The number of para-hydroxylation sites is 1. The second-order valence-corrected chi connectivity index (χ2v) is 8.47. The van der Waals surface area contributed by atoms with Crippen LogP contribution in [0.5, 0.6) is 0 Å². The molecule has 28 heavy (non-hydrogen) atoms. The average Bonchev–Trinajstić information content (AvgIpc) is 3.39. The van der Waals surface area contributed by atoms with Gasteiger partial charge in [0.1, 0.15) is 12.4 Å². The zero-order chi connectivity index (χ0) is 19.3. The van der Waals surface area contributed by atoms with Crippen LogP contribution in [-0.2, 0) is 17.0 Å². The first kappa shape index (κ1) is 18.9. The predicted octanol–water partition coefficient (Wildman–Crippen LogP) is 2.65. The Bertz CT molecular complexity index is 1070. The number of hydrogen-bond donors (Lipinski definition) is 1. The molecule has 1 fully saturated rings. The molecule has 1 aromatic carbocycles. The summed E-state index contributed by atoms with van der Waals surface area (Å²) in [6, 6.07) is 9.21. The summed E-state index contributed by atoms with van der Waals surface area (Å²) in [5.74, 6) is 0.988. The van der Waals surface area contributed by atoms with Gasteiger partial charge in [0.25, 0.3) is 5.56 Å². The van der Waals surface area contributed by atoms with Gasteiger partial charge in [-0.25, -0.2) is 4.98 Å². The summed E-state index contributed by atoms with van der Waals surface area (Å²) < 4.78 is 7.79. The van der Waals surface area contributed by atoms with E-state index in [1.54, 1.807) is 18.2 Å². The molecule has 0 saturated carbocycles. The summed E-state index contributed by atoms with van der Waals surface area (Å²) in [6.07, 6.45) is 2.41. The molecule has 0 spiro atoms. The highest BCUT2D eigenvalue weighted by molar-refractivity contribution is 8.00. The van der Waals surface area contributed by atoms with Crippen LogP contribution in [-0.4, -0.2) is 39.0 Å². The van der Waals surface area contributed by atoms with E-state index < -0.39 is 0 Å². The topological polar surface area (TPSA) is 106 Å². The first-order chi connectivity index (χ1) is 13.7. The van der Waals surface area contributed by atoms with E-state index in [0.29, 0.717) is 22.5 Å². The maximum Gasteiger partial charge on any atom is 0.262 e. The van der Waals surface area contributed by atoms with Crippen molar-refractivity contribution in [3.8, 4) is 6.07 Å². The highest BCUT2D eigenvalue weighted by atomic mass is 32.2. The Kier molecular flexibility index (Phi) is 5.85. The van der Waals surface area contributed by atoms with Gasteiger partial charge in [0.05, 0.1) is 28.8 Å². The summed E-state index contributed by atoms with van der Waals surface area (Å²) >= 11 is 2.91. The van der Waals surface area contributed by atoms with Gasteiger partial charge in [0.15, 0.2) is 4.34 Å². The van der Waals surface area contributed by atoms with Gasteiger partial charge in [-0.3, -0.25) is 9.36 Å². The Labute approximate surface area is 169 Å². The summed E-state index contributed by atoms with van der Waals surface area (Å²) in [5, 5.41) is 22.0. The molecule has 0 aliphatic carbocycles. The largest absolute Gasteiger partial charge is 0.376 e. The fourth-order valence-corrected chi connectivity index (χ4v) is 4.74. The highest BCUT2D eigenvalue weighted by Gasteiger charge is 2.16. The highest BCUT2D eigenvalue weighted by Crippen LogP contribution is 2.28. The number of anilines is 1. The van der Waals surface area contributed by atoms with E-state index in [-0.39, 0.29) is 18.2 Å². The van der Waals surface area contributed by atoms with E-state index in [1.165, 1.54) is 27.7 Å². The summed E-state index contributed by atoms with van der Waals surface area (Å²) in [6.45, 7) is 1.52. The Hall–Kier alpha value is -2.48. The molecule has 144 valence electrons. The van der Waals surface area contributed by atoms with Crippen molar-refractivity contribution in [1.29, 1.82) is 5.26 Å². The molecular formula is C18H18N6O2S2. The number of fused-ring (bicyclic) bond motifs is 1. The Balaban J connectivity index is 1.47. The van der Waals surface area contributed by atoms with Crippen LogP contribution in [0.3, 0.4) is 0 Å². The van der Waals surface area contributed by atoms with Gasteiger partial charge in [0.2, 0.25) is 5.13 Å². The molecule has 0 amide bonds. The summed E-state index contributed by atoms with van der Waals surface area (Å²) in [5.41, 5.74) is 0.437. The first-order valence-corrected chi connectivity index (χ1v) is 10.7.